The summed E-state index contributed by atoms with van der Waals surface area (Å²) in [5.41, 5.74) is 3.11. The summed E-state index contributed by atoms with van der Waals surface area (Å²) in [5.74, 6) is 0.338. The van der Waals surface area contributed by atoms with E-state index in [9.17, 15) is 10.1 Å². The molecule has 34 heavy (non-hydrogen) atoms. The topological polar surface area (TPSA) is 92.4 Å². The van der Waals surface area contributed by atoms with E-state index in [0.717, 1.165) is 36.6 Å². The molecule has 8 heteroatoms. The van der Waals surface area contributed by atoms with Crippen LogP contribution in [-0.4, -0.2) is 67.1 Å². The zero-order valence-corrected chi connectivity index (χ0v) is 19.1. The Hall–Kier alpha value is -3.93. The third-order valence-electron chi connectivity index (χ3n) is 5.61. The molecule has 0 bridgehead atoms. The highest BCUT2D eigenvalue weighted by molar-refractivity contribution is 6.02. The Morgan fingerprint density at radius 1 is 1.18 bits per heavy atom. The Bertz CT molecular complexity index is 1170. The van der Waals surface area contributed by atoms with Gasteiger partial charge in [0.1, 0.15) is 17.4 Å². The van der Waals surface area contributed by atoms with E-state index in [2.05, 4.69) is 10.2 Å². The van der Waals surface area contributed by atoms with Crippen molar-refractivity contribution >= 4 is 12.0 Å². The molecule has 8 nitrogen and oxygen atoms in total. The van der Waals surface area contributed by atoms with Crippen LogP contribution in [0.15, 0.2) is 66.4 Å². The summed E-state index contributed by atoms with van der Waals surface area (Å²) in [5, 5.41) is 17.3. The lowest BCUT2D eigenvalue weighted by atomic mass is 10.1. The molecular weight excluding hydrogens is 430 g/mol. The van der Waals surface area contributed by atoms with Crippen LogP contribution in [0.2, 0.25) is 0 Å². The molecule has 1 aromatic heterocycles. The van der Waals surface area contributed by atoms with Gasteiger partial charge in [0.05, 0.1) is 31.7 Å². The zero-order valence-electron chi connectivity index (χ0n) is 19.1. The molecule has 1 aliphatic heterocycles. The highest BCUT2D eigenvalue weighted by atomic mass is 16.5. The van der Waals surface area contributed by atoms with Gasteiger partial charge in [-0.25, -0.2) is 4.68 Å². The smallest absolute Gasteiger partial charge is 0.262 e. The summed E-state index contributed by atoms with van der Waals surface area (Å²) in [7, 11) is 1.62. The maximum absolute atomic E-state index is 12.7. The van der Waals surface area contributed by atoms with Gasteiger partial charge in [0.2, 0.25) is 0 Å². The van der Waals surface area contributed by atoms with Gasteiger partial charge in [-0.1, -0.05) is 18.2 Å². The summed E-state index contributed by atoms with van der Waals surface area (Å²) in [4.78, 5) is 15.0. The number of nitriles is 1. The Kier molecular flexibility index (Phi) is 7.71. The normalized spacial score (nSPS) is 14.4. The van der Waals surface area contributed by atoms with Crippen molar-refractivity contribution in [1.29, 1.82) is 5.26 Å². The summed E-state index contributed by atoms with van der Waals surface area (Å²) in [6, 6.07) is 19.3. The van der Waals surface area contributed by atoms with Crippen LogP contribution < -0.4 is 10.1 Å². The third-order valence-corrected chi connectivity index (χ3v) is 5.61. The van der Waals surface area contributed by atoms with Gasteiger partial charge < -0.3 is 14.8 Å². The second kappa shape index (κ2) is 11.3. The quantitative estimate of drug-likeness (QED) is 0.413. The molecule has 1 N–H and O–H groups in total. The number of hydrogen-bond acceptors (Lipinski definition) is 6. The molecule has 1 fully saturated rings. The number of amides is 1. The largest absolute Gasteiger partial charge is 0.497 e. The number of methoxy groups -OCH3 is 1. The number of carbonyl (C=O) groups is 1. The van der Waals surface area contributed by atoms with Gasteiger partial charge in [-0.3, -0.25) is 9.69 Å². The van der Waals surface area contributed by atoms with E-state index in [-0.39, 0.29) is 5.57 Å². The molecule has 174 valence electrons. The Morgan fingerprint density at radius 3 is 2.59 bits per heavy atom. The molecule has 0 atom stereocenters. The monoisotopic (exact) mass is 457 g/mol. The first-order valence-corrected chi connectivity index (χ1v) is 11.2. The van der Waals surface area contributed by atoms with E-state index in [1.807, 2.05) is 66.9 Å². The second-order valence-corrected chi connectivity index (χ2v) is 7.82. The van der Waals surface area contributed by atoms with Crippen LogP contribution in [0.4, 0.5) is 0 Å². The molecule has 0 unspecified atom stereocenters. The van der Waals surface area contributed by atoms with Crippen molar-refractivity contribution in [2.45, 2.75) is 0 Å². The van der Waals surface area contributed by atoms with Crippen LogP contribution in [0.25, 0.3) is 23.0 Å². The molecule has 2 heterocycles. The Morgan fingerprint density at radius 2 is 1.91 bits per heavy atom. The minimum absolute atomic E-state index is 0.0318. The molecule has 0 aliphatic carbocycles. The van der Waals surface area contributed by atoms with Gasteiger partial charge >= 0.3 is 0 Å². The molecule has 0 spiro atoms. The highest BCUT2D eigenvalue weighted by Crippen LogP contribution is 2.27. The SMILES string of the molecule is COc1ccc(-c2nn(-c3ccccc3)cc2C=C(C#N)C(=O)NCCN2CCOCC2)cc1. The number of ether oxygens (including phenoxy) is 2. The lowest BCUT2D eigenvalue weighted by molar-refractivity contribution is -0.117. The zero-order chi connectivity index (χ0) is 23.8. The Balaban J connectivity index is 1.58. The van der Waals surface area contributed by atoms with Crippen molar-refractivity contribution in [3.05, 3.63) is 71.9 Å². The van der Waals surface area contributed by atoms with Crippen molar-refractivity contribution in [3.63, 3.8) is 0 Å². The van der Waals surface area contributed by atoms with Gasteiger partial charge in [0.15, 0.2) is 0 Å². The molecule has 1 amide bonds. The number of aromatic nitrogens is 2. The first kappa shape index (κ1) is 23.2. The van der Waals surface area contributed by atoms with E-state index < -0.39 is 5.91 Å². The van der Waals surface area contributed by atoms with E-state index in [0.29, 0.717) is 31.0 Å². The number of rotatable bonds is 8. The summed E-state index contributed by atoms with van der Waals surface area (Å²) in [6.45, 7) is 4.29. The minimum Gasteiger partial charge on any atom is -0.497 e. The molecule has 2 aromatic carbocycles. The maximum Gasteiger partial charge on any atom is 0.262 e. The number of carbonyl (C=O) groups excluding carboxylic acids is 1. The van der Waals surface area contributed by atoms with Crippen LogP contribution in [0.3, 0.4) is 0 Å². The molecular formula is C26H27N5O3. The van der Waals surface area contributed by atoms with Gasteiger partial charge in [-0.15, -0.1) is 0 Å². The molecule has 3 aromatic rings. The van der Waals surface area contributed by atoms with E-state index in [4.69, 9.17) is 14.6 Å². The first-order valence-electron chi connectivity index (χ1n) is 11.2. The predicted molar refractivity (Wildman–Crippen MR) is 129 cm³/mol. The van der Waals surface area contributed by atoms with Crippen molar-refractivity contribution in [2.24, 2.45) is 0 Å². The van der Waals surface area contributed by atoms with E-state index in [1.54, 1.807) is 17.9 Å². The van der Waals surface area contributed by atoms with Crippen molar-refractivity contribution in [1.82, 2.24) is 20.0 Å². The summed E-state index contributed by atoms with van der Waals surface area (Å²) >= 11 is 0. The van der Waals surface area contributed by atoms with E-state index in [1.165, 1.54) is 0 Å². The highest BCUT2D eigenvalue weighted by Gasteiger charge is 2.16. The third kappa shape index (κ3) is 5.70. The van der Waals surface area contributed by atoms with Gasteiger partial charge in [0, 0.05) is 43.5 Å². The standard InChI is InChI=1S/C26H27N5O3/c1-33-24-9-7-20(8-10-24)25-22(19-31(29-25)23-5-3-2-4-6-23)17-21(18-27)26(32)28-11-12-30-13-15-34-16-14-30/h2-10,17,19H,11-16H2,1H3,(H,28,32). The molecule has 0 saturated carbocycles. The number of nitrogens with one attached hydrogen (secondary N) is 1. The second-order valence-electron chi connectivity index (χ2n) is 7.82. The molecule has 1 aliphatic rings. The van der Waals surface area contributed by atoms with Crippen LogP contribution in [0.5, 0.6) is 5.75 Å². The fourth-order valence-corrected chi connectivity index (χ4v) is 3.73. The maximum atomic E-state index is 12.7. The number of para-hydroxylation sites is 1. The fourth-order valence-electron chi connectivity index (χ4n) is 3.73. The Labute approximate surface area is 199 Å². The predicted octanol–water partition coefficient (Wildman–Crippen LogP) is 2.90. The first-order chi connectivity index (χ1) is 16.7. The number of benzene rings is 2. The van der Waals surface area contributed by atoms with Crippen LogP contribution in [0.1, 0.15) is 5.56 Å². The number of morpholine rings is 1. The van der Waals surface area contributed by atoms with Gasteiger partial charge in [-0.2, -0.15) is 10.4 Å². The number of nitrogens with zero attached hydrogens (tertiary/aromatic N) is 4. The number of hydrogen-bond donors (Lipinski definition) is 1. The van der Waals surface area contributed by atoms with Gasteiger partial charge in [0.25, 0.3) is 5.91 Å². The van der Waals surface area contributed by atoms with Crippen LogP contribution >= 0.6 is 0 Å². The molecule has 4 rings (SSSR count). The lowest BCUT2D eigenvalue weighted by Gasteiger charge is -2.26. The minimum atomic E-state index is -0.399. The van der Waals surface area contributed by atoms with Crippen LogP contribution in [0, 0.1) is 11.3 Å². The van der Waals surface area contributed by atoms with Crippen LogP contribution in [-0.2, 0) is 9.53 Å². The van der Waals surface area contributed by atoms with Crippen molar-refractivity contribution in [3.8, 4) is 28.8 Å². The average Bonchev–Trinajstić information content (AvgIpc) is 3.32. The summed E-state index contributed by atoms with van der Waals surface area (Å²) in [6.07, 6.45) is 3.42. The molecule has 0 radical (unpaired) electrons. The van der Waals surface area contributed by atoms with E-state index >= 15 is 0 Å². The lowest BCUT2D eigenvalue weighted by Crippen LogP contribution is -2.41. The van der Waals surface area contributed by atoms with Gasteiger partial charge in [-0.05, 0) is 42.5 Å². The fraction of sp³-hybridized carbons (Fsp3) is 0.269. The van der Waals surface area contributed by atoms with Crippen molar-refractivity contribution in [2.75, 3.05) is 46.5 Å². The average molecular weight is 458 g/mol. The summed E-state index contributed by atoms with van der Waals surface area (Å²) < 4.78 is 12.4. The van der Waals surface area contributed by atoms with Crippen molar-refractivity contribution < 1.29 is 14.3 Å². The molecule has 1 saturated heterocycles.